The van der Waals surface area contributed by atoms with Crippen molar-refractivity contribution in [3.8, 4) is 0 Å². The number of morpholine rings is 1. The number of thioether (sulfide) groups is 1. The molecular formula is C14H22N2OS. The Morgan fingerprint density at radius 3 is 3.00 bits per heavy atom. The highest BCUT2D eigenvalue weighted by molar-refractivity contribution is 7.98. The maximum atomic E-state index is 5.95. The van der Waals surface area contributed by atoms with Gasteiger partial charge in [-0.1, -0.05) is 13.0 Å². The molecule has 4 heteroatoms. The molecular weight excluding hydrogens is 244 g/mol. The lowest BCUT2D eigenvalue weighted by Gasteiger charge is -2.38. The van der Waals surface area contributed by atoms with Crippen LogP contribution in [0.4, 0.5) is 5.69 Å². The van der Waals surface area contributed by atoms with Crippen LogP contribution in [0.1, 0.15) is 18.9 Å². The summed E-state index contributed by atoms with van der Waals surface area (Å²) in [5.74, 6) is 0. The van der Waals surface area contributed by atoms with Crippen LogP contribution in [0.2, 0.25) is 0 Å². The number of benzene rings is 1. The van der Waals surface area contributed by atoms with Crippen molar-refractivity contribution in [1.29, 1.82) is 0 Å². The molecule has 1 atom stereocenters. The average molecular weight is 266 g/mol. The zero-order valence-corrected chi connectivity index (χ0v) is 12.0. The van der Waals surface area contributed by atoms with Gasteiger partial charge in [0.15, 0.2) is 0 Å². The first kappa shape index (κ1) is 13.7. The summed E-state index contributed by atoms with van der Waals surface area (Å²) in [5.41, 5.74) is 8.51. The first-order valence-corrected chi connectivity index (χ1v) is 7.74. The van der Waals surface area contributed by atoms with E-state index in [2.05, 4.69) is 36.3 Å². The Morgan fingerprint density at radius 1 is 1.50 bits per heavy atom. The highest BCUT2D eigenvalue weighted by Gasteiger charge is 2.23. The Morgan fingerprint density at radius 2 is 2.33 bits per heavy atom. The summed E-state index contributed by atoms with van der Waals surface area (Å²) >= 11 is 1.77. The summed E-state index contributed by atoms with van der Waals surface area (Å²) in [4.78, 5) is 3.75. The molecule has 1 heterocycles. The first-order chi connectivity index (χ1) is 8.81. The number of nitrogens with zero attached hydrogens (tertiary/aromatic N) is 1. The van der Waals surface area contributed by atoms with Crippen LogP contribution in [0.15, 0.2) is 23.1 Å². The molecule has 1 aromatic rings. The van der Waals surface area contributed by atoms with Gasteiger partial charge in [0, 0.05) is 29.2 Å². The van der Waals surface area contributed by atoms with Crippen LogP contribution in [-0.2, 0) is 11.3 Å². The van der Waals surface area contributed by atoms with Crippen LogP contribution >= 0.6 is 11.8 Å². The first-order valence-electron chi connectivity index (χ1n) is 6.52. The second-order valence-electron chi connectivity index (χ2n) is 4.49. The summed E-state index contributed by atoms with van der Waals surface area (Å²) in [7, 11) is 0. The zero-order valence-electron chi connectivity index (χ0n) is 11.2. The zero-order chi connectivity index (χ0) is 13.0. The van der Waals surface area contributed by atoms with Gasteiger partial charge < -0.3 is 15.4 Å². The van der Waals surface area contributed by atoms with E-state index in [4.69, 9.17) is 10.5 Å². The Balaban J connectivity index is 2.36. The van der Waals surface area contributed by atoms with E-state index in [-0.39, 0.29) is 0 Å². The van der Waals surface area contributed by atoms with Gasteiger partial charge in [-0.25, -0.2) is 0 Å². The standard InChI is InChI=1S/C14H22N2OS/c1-3-11-10-17-8-7-16(11)13-5-4-6-14(18-2)12(13)9-15/h4-6,11H,3,7-10,15H2,1-2H3. The van der Waals surface area contributed by atoms with E-state index in [9.17, 15) is 0 Å². The molecule has 1 unspecified atom stereocenters. The fourth-order valence-electron chi connectivity index (χ4n) is 2.53. The molecule has 0 radical (unpaired) electrons. The average Bonchev–Trinajstić information content (AvgIpc) is 2.46. The molecule has 0 bridgehead atoms. The minimum absolute atomic E-state index is 0.473. The number of hydrogen-bond acceptors (Lipinski definition) is 4. The molecule has 1 aromatic carbocycles. The second kappa shape index (κ2) is 6.45. The number of hydrogen-bond donors (Lipinski definition) is 1. The van der Waals surface area contributed by atoms with Crippen LogP contribution in [0, 0.1) is 0 Å². The van der Waals surface area contributed by atoms with Gasteiger partial charge in [0.05, 0.1) is 19.3 Å². The summed E-state index contributed by atoms with van der Waals surface area (Å²) in [6.45, 7) is 5.41. The van der Waals surface area contributed by atoms with Gasteiger partial charge in [-0.3, -0.25) is 0 Å². The van der Waals surface area contributed by atoms with E-state index in [0.29, 0.717) is 12.6 Å². The van der Waals surface area contributed by atoms with Crippen LogP contribution in [-0.4, -0.2) is 32.1 Å². The van der Waals surface area contributed by atoms with Crippen LogP contribution in [0.3, 0.4) is 0 Å². The van der Waals surface area contributed by atoms with Crippen molar-refractivity contribution in [2.45, 2.75) is 30.8 Å². The van der Waals surface area contributed by atoms with Gasteiger partial charge in [-0.2, -0.15) is 0 Å². The summed E-state index contributed by atoms with van der Waals surface area (Å²) in [5, 5.41) is 0. The molecule has 2 rings (SSSR count). The fourth-order valence-corrected chi connectivity index (χ4v) is 3.18. The van der Waals surface area contributed by atoms with Gasteiger partial charge in [0.1, 0.15) is 0 Å². The molecule has 0 amide bonds. The molecule has 0 saturated carbocycles. The largest absolute Gasteiger partial charge is 0.377 e. The van der Waals surface area contributed by atoms with Gasteiger partial charge in [-0.15, -0.1) is 11.8 Å². The lowest BCUT2D eigenvalue weighted by Crippen LogP contribution is -2.45. The molecule has 1 aliphatic rings. The van der Waals surface area contributed by atoms with Gasteiger partial charge >= 0.3 is 0 Å². The summed E-state index contributed by atoms with van der Waals surface area (Å²) < 4.78 is 5.58. The third-order valence-corrected chi connectivity index (χ3v) is 4.36. The van der Waals surface area contributed by atoms with E-state index in [1.807, 2.05) is 0 Å². The third kappa shape index (κ3) is 2.66. The smallest absolute Gasteiger partial charge is 0.0670 e. The van der Waals surface area contributed by atoms with Crippen LogP contribution in [0.25, 0.3) is 0 Å². The number of ether oxygens (including phenoxy) is 1. The van der Waals surface area contributed by atoms with Gasteiger partial charge in [-0.05, 0) is 24.8 Å². The molecule has 1 aliphatic heterocycles. The highest BCUT2D eigenvalue weighted by Crippen LogP contribution is 2.31. The van der Waals surface area contributed by atoms with E-state index >= 15 is 0 Å². The Labute approximate surface area is 114 Å². The Hall–Kier alpha value is -0.710. The third-order valence-electron chi connectivity index (χ3n) is 3.54. The van der Waals surface area contributed by atoms with E-state index < -0.39 is 0 Å². The van der Waals surface area contributed by atoms with Crippen molar-refractivity contribution in [2.75, 3.05) is 30.9 Å². The molecule has 0 aromatic heterocycles. The van der Waals surface area contributed by atoms with Crippen molar-refractivity contribution in [3.05, 3.63) is 23.8 Å². The number of rotatable bonds is 4. The maximum absolute atomic E-state index is 5.95. The van der Waals surface area contributed by atoms with Gasteiger partial charge in [0.25, 0.3) is 0 Å². The molecule has 100 valence electrons. The highest BCUT2D eigenvalue weighted by atomic mass is 32.2. The van der Waals surface area contributed by atoms with Crippen molar-refractivity contribution in [1.82, 2.24) is 0 Å². The molecule has 1 fully saturated rings. The van der Waals surface area contributed by atoms with Crippen LogP contribution in [0.5, 0.6) is 0 Å². The summed E-state index contributed by atoms with van der Waals surface area (Å²) in [6, 6.07) is 6.94. The quantitative estimate of drug-likeness (QED) is 0.850. The molecule has 3 nitrogen and oxygen atoms in total. The van der Waals surface area contributed by atoms with E-state index in [1.165, 1.54) is 16.1 Å². The molecule has 0 aliphatic carbocycles. The normalized spacial score (nSPS) is 20.2. The van der Waals surface area contributed by atoms with Crippen LogP contribution < -0.4 is 10.6 Å². The van der Waals surface area contributed by atoms with Crippen molar-refractivity contribution in [3.63, 3.8) is 0 Å². The Kier molecular flexibility index (Phi) is 4.92. The molecule has 0 spiro atoms. The minimum atomic E-state index is 0.473. The lowest BCUT2D eigenvalue weighted by atomic mass is 10.1. The maximum Gasteiger partial charge on any atom is 0.0670 e. The predicted molar refractivity (Wildman–Crippen MR) is 78.4 cm³/mol. The van der Waals surface area contributed by atoms with Crippen molar-refractivity contribution in [2.24, 2.45) is 5.73 Å². The SMILES string of the molecule is CCC1COCCN1c1cccc(SC)c1CN. The van der Waals surface area contributed by atoms with Gasteiger partial charge in [0.2, 0.25) is 0 Å². The Bertz CT molecular complexity index is 397. The summed E-state index contributed by atoms with van der Waals surface area (Å²) in [6.07, 6.45) is 3.21. The monoisotopic (exact) mass is 266 g/mol. The van der Waals surface area contributed by atoms with E-state index in [1.54, 1.807) is 11.8 Å². The molecule has 1 saturated heterocycles. The van der Waals surface area contributed by atoms with Crippen molar-refractivity contribution < 1.29 is 4.74 Å². The number of anilines is 1. The molecule has 2 N–H and O–H groups in total. The lowest BCUT2D eigenvalue weighted by molar-refractivity contribution is 0.0929. The predicted octanol–water partition coefficient (Wildman–Crippen LogP) is 2.48. The fraction of sp³-hybridized carbons (Fsp3) is 0.571. The second-order valence-corrected chi connectivity index (χ2v) is 5.34. The number of nitrogens with two attached hydrogens (primary N) is 1. The van der Waals surface area contributed by atoms with Crippen molar-refractivity contribution >= 4 is 17.4 Å². The van der Waals surface area contributed by atoms with E-state index in [0.717, 1.165) is 26.2 Å². The minimum Gasteiger partial charge on any atom is -0.377 e. The topological polar surface area (TPSA) is 38.5 Å². The molecule has 18 heavy (non-hydrogen) atoms.